The van der Waals surface area contributed by atoms with E-state index in [0.717, 1.165) is 13.1 Å². The van der Waals surface area contributed by atoms with Crippen molar-refractivity contribution in [1.29, 1.82) is 0 Å². The molecule has 2 rings (SSSR count). The number of hydrogen-bond donors (Lipinski definition) is 1. The van der Waals surface area contributed by atoms with Gasteiger partial charge in [-0.2, -0.15) is 0 Å². The number of rotatable bonds is 7. The van der Waals surface area contributed by atoms with E-state index in [1.807, 2.05) is 6.07 Å². The Kier molecular flexibility index (Phi) is 7.26. The summed E-state index contributed by atoms with van der Waals surface area (Å²) in [7, 11) is 2.15. The van der Waals surface area contributed by atoms with Gasteiger partial charge in [-0.25, -0.2) is 0 Å². The molecule has 0 saturated heterocycles. The summed E-state index contributed by atoms with van der Waals surface area (Å²) in [5.41, 5.74) is 2.50. The van der Waals surface area contributed by atoms with Gasteiger partial charge in [0.2, 0.25) is 0 Å². The van der Waals surface area contributed by atoms with Crippen LogP contribution in [0.1, 0.15) is 20.3 Å². The fourth-order valence-corrected chi connectivity index (χ4v) is 2.07. The van der Waals surface area contributed by atoms with Crippen LogP contribution >= 0.6 is 0 Å². The van der Waals surface area contributed by atoms with Crippen molar-refractivity contribution in [3.8, 4) is 0 Å². The molecule has 0 aliphatic heterocycles. The highest BCUT2D eigenvalue weighted by molar-refractivity contribution is 5.45. The van der Waals surface area contributed by atoms with E-state index < -0.39 is 0 Å². The summed E-state index contributed by atoms with van der Waals surface area (Å²) in [6.45, 7) is 2.13. The SMILES string of the molecule is C.CN(CCCCNc1ccccc1)c1ccccc1. The first-order valence-corrected chi connectivity index (χ1v) is 6.91. The molecule has 0 spiro atoms. The number of benzene rings is 2. The molecule has 0 radical (unpaired) electrons. The third-order valence-corrected chi connectivity index (χ3v) is 3.22. The lowest BCUT2D eigenvalue weighted by Gasteiger charge is -2.19. The minimum absolute atomic E-state index is 0. The first-order valence-electron chi connectivity index (χ1n) is 6.91. The molecule has 2 nitrogen and oxygen atoms in total. The molecule has 0 aromatic heterocycles. The molecule has 2 aromatic carbocycles. The van der Waals surface area contributed by atoms with Gasteiger partial charge < -0.3 is 10.2 Å². The van der Waals surface area contributed by atoms with Crippen LogP contribution in [0.5, 0.6) is 0 Å². The summed E-state index contributed by atoms with van der Waals surface area (Å²) < 4.78 is 0. The summed E-state index contributed by atoms with van der Waals surface area (Å²) in [4.78, 5) is 2.31. The molecular weight excluding hydrogens is 244 g/mol. The van der Waals surface area contributed by atoms with Crippen molar-refractivity contribution >= 4 is 11.4 Å². The lowest BCUT2D eigenvalue weighted by atomic mass is 10.2. The highest BCUT2D eigenvalue weighted by Crippen LogP contribution is 2.11. The molecule has 20 heavy (non-hydrogen) atoms. The number of para-hydroxylation sites is 2. The molecule has 108 valence electrons. The second kappa shape index (κ2) is 9.03. The third-order valence-electron chi connectivity index (χ3n) is 3.22. The Morgan fingerprint density at radius 2 is 1.45 bits per heavy atom. The minimum atomic E-state index is 0. The molecular formula is C18H26N2. The molecule has 1 N–H and O–H groups in total. The zero-order valence-electron chi connectivity index (χ0n) is 11.5. The van der Waals surface area contributed by atoms with E-state index in [1.54, 1.807) is 0 Å². The summed E-state index contributed by atoms with van der Waals surface area (Å²) in [6, 6.07) is 20.9. The van der Waals surface area contributed by atoms with Gasteiger partial charge in [-0.1, -0.05) is 43.8 Å². The van der Waals surface area contributed by atoms with E-state index in [9.17, 15) is 0 Å². The molecule has 0 unspecified atom stereocenters. The van der Waals surface area contributed by atoms with Gasteiger partial charge in [0.15, 0.2) is 0 Å². The Morgan fingerprint density at radius 1 is 0.850 bits per heavy atom. The van der Waals surface area contributed by atoms with Crippen molar-refractivity contribution in [1.82, 2.24) is 0 Å². The van der Waals surface area contributed by atoms with Gasteiger partial charge in [-0.05, 0) is 37.1 Å². The molecule has 0 saturated carbocycles. The first kappa shape index (κ1) is 16.1. The van der Waals surface area contributed by atoms with E-state index in [2.05, 4.69) is 71.9 Å². The summed E-state index contributed by atoms with van der Waals surface area (Å²) in [6.07, 6.45) is 2.39. The summed E-state index contributed by atoms with van der Waals surface area (Å²) >= 11 is 0. The van der Waals surface area contributed by atoms with E-state index in [0.29, 0.717) is 0 Å². The van der Waals surface area contributed by atoms with Crippen LogP contribution in [0.2, 0.25) is 0 Å². The highest BCUT2D eigenvalue weighted by atomic mass is 15.1. The second-order valence-electron chi connectivity index (χ2n) is 4.76. The molecule has 0 fully saturated rings. The average molecular weight is 270 g/mol. The maximum absolute atomic E-state index is 3.44. The quantitative estimate of drug-likeness (QED) is 0.737. The fourth-order valence-electron chi connectivity index (χ4n) is 2.07. The first-order chi connectivity index (χ1) is 9.36. The largest absolute Gasteiger partial charge is 0.385 e. The number of anilines is 2. The molecule has 0 bridgehead atoms. The molecule has 0 heterocycles. The van der Waals surface area contributed by atoms with Crippen LogP contribution in [0.15, 0.2) is 60.7 Å². The van der Waals surface area contributed by atoms with Gasteiger partial charge >= 0.3 is 0 Å². The maximum atomic E-state index is 3.44. The molecule has 2 aromatic rings. The van der Waals surface area contributed by atoms with Gasteiger partial charge in [-0.3, -0.25) is 0 Å². The van der Waals surface area contributed by atoms with Crippen LogP contribution in [-0.4, -0.2) is 20.1 Å². The smallest absolute Gasteiger partial charge is 0.0363 e. The normalized spacial score (nSPS) is 9.65. The van der Waals surface area contributed by atoms with Gasteiger partial charge in [0.25, 0.3) is 0 Å². The standard InChI is InChI=1S/C17H22N2.CH4/c1-19(17-12-6-3-7-13-17)15-9-8-14-18-16-10-4-2-5-11-16;/h2-7,10-13,18H,8-9,14-15H2,1H3;1H4. The average Bonchev–Trinajstić information content (AvgIpc) is 2.49. The number of hydrogen-bond acceptors (Lipinski definition) is 2. The predicted molar refractivity (Wildman–Crippen MR) is 90.6 cm³/mol. The lowest BCUT2D eigenvalue weighted by Crippen LogP contribution is -2.19. The number of nitrogens with one attached hydrogen (secondary N) is 1. The number of nitrogens with zero attached hydrogens (tertiary/aromatic N) is 1. The van der Waals surface area contributed by atoms with Crippen molar-refractivity contribution < 1.29 is 0 Å². The topological polar surface area (TPSA) is 15.3 Å². The second-order valence-corrected chi connectivity index (χ2v) is 4.76. The van der Waals surface area contributed by atoms with Crippen molar-refractivity contribution in [2.45, 2.75) is 20.3 Å². The van der Waals surface area contributed by atoms with Crippen molar-refractivity contribution in [3.63, 3.8) is 0 Å². The van der Waals surface area contributed by atoms with E-state index in [-0.39, 0.29) is 7.43 Å². The molecule has 2 heteroatoms. The van der Waals surface area contributed by atoms with Crippen LogP contribution in [0.4, 0.5) is 11.4 Å². The van der Waals surface area contributed by atoms with Gasteiger partial charge in [0.05, 0.1) is 0 Å². The monoisotopic (exact) mass is 270 g/mol. The maximum Gasteiger partial charge on any atom is 0.0363 e. The van der Waals surface area contributed by atoms with E-state index in [4.69, 9.17) is 0 Å². The summed E-state index contributed by atoms with van der Waals surface area (Å²) in [5.74, 6) is 0. The van der Waals surface area contributed by atoms with Crippen LogP contribution in [0.3, 0.4) is 0 Å². The predicted octanol–water partition coefficient (Wildman–Crippen LogP) is 4.65. The van der Waals surface area contributed by atoms with Gasteiger partial charge in [0, 0.05) is 31.5 Å². The lowest BCUT2D eigenvalue weighted by molar-refractivity contribution is 0.743. The molecule has 0 amide bonds. The van der Waals surface area contributed by atoms with Crippen LogP contribution in [0, 0.1) is 0 Å². The zero-order valence-corrected chi connectivity index (χ0v) is 11.5. The zero-order chi connectivity index (χ0) is 13.3. The molecule has 0 atom stereocenters. The van der Waals surface area contributed by atoms with Gasteiger partial charge in [-0.15, -0.1) is 0 Å². The fraction of sp³-hybridized carbons (Fsp3) is 0.333. The van der Waals surface area contributed by atoms with Crippen molar-refractivity contribution in [2.75, 3.05) is 30.4 Å². The Labute approximate surface area is 123 Å². The van der Waals surface area contributed by atoms with Crippen LogP contribution < -0.4 is 10.2 Å². The van der Waals surface area contributed by atoms with Crippen molar-refractivity contribution in [2.24, 2.45) is 0 Å². The van der Waals surface area contributed by atoms with Crippen LogP contribution in [0.25, 0.3) is 0 Å². The van der Waals surface area contributed by atoms with E-state index >= 15 is 0 Å². The molecule has 0 aliphatic rings. The Hall–Kier alpha value is -1.96. The van der Waals surface area contributed by atoms with Crippen LogP contribution in [-0.2, 0) is 0 Å². The minimum Gasteiger partial charge on any atom is -0.385 e. The third kappa shape index (κ3) is 5.35. The van der Waals surface area contributed by atoms with Gasteiger partial charge in [0.1, 0.15) is 0 Å². The van der Waals surface area contributed by atoms with E-state index in [1.165, 1.54) is 24.2 Å². The highest BCUT2D eigenvalue weighted by Gasteiger charge is 1.98. The Bertz CT molecular complexity index is 453. The number of unbranched alkanes of at least 4 members (excludes halogenated alkanes) is 1. The Morgan fingerprint density at radius 3 is 2.10 bits per heavy atom. The Balaban J connectivity index is 0.00000200. The van der Waals surface area contributed by atoms with Crippen molar-refractivity contribution in [3.05, 3.63) is 60.7 Å². The summed E-state index contributed by atoms with van der Waals surface area (Å²) in [5, 5.41) is 3.44. The molecule has 0 aliphatic carbocycles.